The van der Waals surface area contributed by atoms with E-state index in [9.17, 15) is 0 Å². The standard InChI is InChI=1S/C23H19N5OS/c1-15-6-8-16(9-7-15)14-30-23-26-22-20(27-28-23)18-4-2-3-5-19(18)25-21(29-22)17-10-12-24-13-11-17/h2-13,21,25H,14H2,1H3. The van der Waals surface area contributed by atoms with Gasteiger partial charge in [0.25, 0.3) is 0 Å². The molecular weight excluding hydrogens is 394 g/mol. The van der Waals surface area contributed by atoms with E-state index in [0.29, 0.717) is 16.7 Å². The average molecular weight is 414 g/mol. The number of para-hydroxylation sites is 1. The number of hydrogen-bond donors (Lipinski definition) is 1. The number of ether oxygens (including phenoxy) is 1. The second kappa shape index (κ2) is 8.12. The van der Waals surface area contributed by atoms with Gasteiger partial charge in [0.15, 0.2) is 11.9 Å². The second-order valence-corrected chi connectivity index (χ2v) is 7.93. The van der Waals surface area contributed by atoms with Gasteiger partial charge in [0, 0.05) is 35.0 Å². The molecule has 4 aromatic rings. The van der Waals surface area contributed by atoms with Gasteiger partial charge in [-0.3, -0.25) is 4.98 Å². The SMILES string of the molecule is Cc1ccc(CSc2nnc3c(n2)OC(c2ccncc2)Nc2ccccc2-3)cc1. The third kappa shape index (κ3) is 3.84. The molecule has 3 heterocycles. The van der Waals surface area contributed by atoms with E-state index in [1.54, 1.807) is 24.2 Å². The van der Waals surface area contributed by atoms with Crippen molar-refractivity contribution in [3.8, 4) is 17.1 Å². The van der Waals surface area contributed by atoms with Crippen LogP contribution in [-0.4, -0.2) is 20.2 Å². The number of thioether (sulfide) groups is 1. The van der Waals surface area contributed by atoms with Crippen molar-refractivity contribution in [1.82, 2.24) is 20.2 Å². The van der Waals surface area contributed by atoms with Gasteiger partial charge in [-0.05, 0) is 30.7 Å². The van der Waals surface area contributed by atoms with Crippen LogP contribution in [0.5, 0.6) is 5.88 Å². The van der Waals surface area contributed by atoms with Crippen LogP contribution in [0, 0.1) is 6.92 Å². The summed E-state index contributed by atoms with van der Waals surface area (Å²) in [5.74, 6) is 1.24. The first kappa shape index (κ1) is 18.6. The van der Waals surface area contributed by atoms with E-state index < -0.39 is 6.23 Å². The maximum Gasteiger partial charge on any atom is 0.247 e. The molecule has 1 aliphatic rings. The largest absolute Gasteiger partial charge is 0.448 e. The molecule has 30 heavy (non-hydrogen) atoms. The Hall–Kier alpha value is -3.45. The van der Waals surface area contributed by atoms with Crippen molar-refractivity contribution < 1.29 is 4.74 Å². The fraction of sp³-hybridized carbons (Fsp3) is 0.130. The molecule has 0 saturated heterocycles. The van der Waals surface area contributed by atoms with E-state index in [1.807, 2.05) is 36.4 Å². The Labute approximate surface area is 178 Å². The Bertz CT molecular complexity index is 1170. The predicted octanol–water partition coefficient (Wildman–Crippen LogP) is 5.04. The number of nitrogens with one attached hydrogen (secondary N) is 1. The summed E-state index contributed by atoms with van der Waals surface area (Å²) < 4.78 is 6.27. The Morgan fingerprint density at radius 2 is 1.77 bits per heavy atom. The maximum atomic E-state index is 6.27. The third-order valence-corrected chi connectivity index (χ3v) is 5.74. The molecule has 7 heteroatoms. The second-order valence-electron chi connectivity index (χ2n) is 6.99. The van der Waals surface area contributed by atoms with Crippen LogP contribution in [-0.2, 0) is 5.75 Å². The molecule has 1 aliphatic heterocycles. The summed E-state index contributed by atoms with van der Waals surface area (Å²) in [5, 5.41) is 12.8. The number of nitrogens with zero attached hydrogens (tertiary/aromatic N) is 4. The minimum Gasteiger partial charge on any atom is -0.448 e. The zero-order valence-corrected chi connectivity index (χ0v) is 17.1. The predicted molar refractivity (Wildman–Crippen MR) is 117 cm³/mol. The molecule has 2 aromatic heterocycles. The number of rotatable bonds is 4. The van der Waals surface area contributed by atoms with Crippen LogP contribution >= 0.6 is 11.8 Å². The van der Waals surface area contributed by atoms with E-state index in [-0.39, 0.29) is 0 Å². The molecule has 5 rings (SSSR count). The summed E-state index contributed by atoms with van der Waals surface area (Å²) in [6.07, 6.45) is 3.10. The lowest BCUT2D eigenvalue weighted by molar-refractivity contribution is 0.225. The van der Waals surface area contributed by atoms with Crippen molar-refractivity contribution in [3.05, 3.63) is 89.7 Å². The molecule has 1 unspecified atom stereocenters. The Morgan fingerprint density at radius 3 is 2.60 bits per heavy atom. The van der Waals surface area contributed by atoms with Crippen LogP contribution < -0.4 is 10.1 Å². The molecule has 2 aromatic carbocycles. The molecular formula is C23H19N5OS. The van der Waals surface area contributed by atoms with Crippen molar-refractivity contribution in [3.63, 3.8) is 0 Å². The minimum absolute atomic E-state index is 0.401. The van der Waals surface area contributed by atoms with Crippen molar-refractivity contribution in [2.45, 2.75) is 24.1 Å². The van der Waals surface area contributed by atoms with Crippen molar-refractivity contribution in [1.29, 1.82) is 0 Å². The molecule has 0 aliphatic carbocycles. The van der Waals surface area contributed by atoms with Crippen LogP contribution in [0.4, 0.5) is 5.69 Å². The summed E-state index contributed by atoms with van der Waals surface area (Å²) in [5.41, 5.74) is 5.89. The first-order chi connectivity index (χ1) is 14.8. The zero-order chi connectivity index (χ0) is 20.3. The van der Waals surface area contributed by atoms with Crippen molar-refractivity contribution in [2.24, 2.45) is 0 Å². The normalized spacial score (nSPS) is 14.6. The van der Waals surface area contributed by atoms with Crippen LogP contribution in [0.15, 0.2) is 78.2 Å². The van der Waals surface area contributed by atoms with Gasteiger partial charge in [-0.15, -0.1) is 10.2 Å². The Morgan fingerprint density at radius 1 is 0.967 bits per heavy atom. The van der Waals surface area contributed by atoms with Gasteiger partial charge in [-0.2, -0.15) is 4.98 Å². The van der Waals surface area contributed by atoms with Crippen LogP contribution in [0.2, 0.25) is 0 Å². The molecule has 148 valence electrons. The van der Waals surface area contributed by atoms with Gasteiger partial charge >= 0.3 is 0 Å². The Kier molecular flexibility index (Phi) is 5.03. The molecule has 6 nitrogen and oxygen atoms in total. The lowest BCUT2D eigenvalue weighted by Crippen LogP contribution is -2.17. The van der Waals surface area contributed by atoms with Gasteiger partial charge in [0.05, 0.1) is 0 Å². The average Bonchev–Trinajstić information content (AvgIpc) is 2.96. The Balaban J connectivity index is 1.48. The number of pyridine rings is 1. The lowest BCUT2D eigenvalue weighted by Gasteiger charge is -2.19. The van der Waals surface area contributed by atoms with E-state index in [1.165, 1.54) is 11.1 Å². The summed E-state index contributed by atoms with van der Waals surface area (Å²) in [4.78, 5) is 8.79. The quantitative estimate of drug-likeness (QED) is 0.470. The van der Waals surface area contributed by atoms with Gasteiger partial charge < -0.3 is 10.1 Å². The van der Waals surface area contributed by atoms with Gasteiger partial charge in [-0.1, -0.05) is 59.8 Å². The first-order valence-corrected chi connectivity index (χ1v) is 10.6. The van der Waals surface area contributed by atoms with Crippen molar-refractivity contribution >= 4 is 17.4 Å². The maximum absolute atomic E-state index is 6.27. The number of aromatic nitrogens is 4. The monoisotopic (exact) mass is 413 g/mol. The summed E-state index contributed by atoms with van der Waals surface area (Å²) >= 11 is 1.54. The van der Waals surface area contributed by atoms with E-state index in [0.717, 1.165) is 22.6 Å². The molecule has 0 bridgehead atoms. The molecule has 1 atom stereocenters. The highest BCUT2D eigenvalue weighted by atomic mass is 32.2. The summed E-state index contributed by atoms with van der Waals surface area (Å²) in [6, 6.07) is 20.3. The van der Waals surface area contributed by atoms with Gasteiger partial charge in [0.1, 0.15) is 0 Å². The summed E-state index contributed by atoms with van der Waals surface area (Å²) in [6.45, 7) is 2.08. The smallest absolute Gasteiger partial charge is 0.247 e. The molecule has 0 saturated carbocycles. The van der Waals surface area contributed by atoms with Crippen molar-refractivity contribution in [2.75, 3.05) is 5.32 Å². The highest BCUT2D eigenvalue weighted by Crippen LogP contribution is 2.39. The molecule has 0 spiro atoms. The van der Waals surface area contributed by atoms with Crippen LogP contribution in [0.25, 0.3) is 11.3 Å². The zero-order valence-electron chi connectivity index (χ0n) is 16.3. The minimum atomic E-state index is -0.401. The number of benzene rings is 2. The topological polar surface area (TPSA) is 72.8 Å². The van der Waals surface area contributed by atoms with E-state index in [2.05, 4.69) is 51.7 Å². The molecule has 0 fully saturated rings. The fourth-order valence-corrected chi connectivity index (χ4v) is 3.96. The fourth-order valence-electron chi connectivity index (χ4n) is 3.23. The van der Waals surface area contributed by atoms with Gasteiger partial charge in [0.2, 0.25) is 11.0 Å². The molecule has 1 N–H and O–H groups in total. The summed E-state index contributed by atoms with van der Waals surface area (Å²) in [7, 11) is 0. The molecule has 0 amide bonds. The number of fused-ring (bicyclic) bond motifs is 3. The molecule has 0 radical (unpaired) electrons. The highest BCUT2D eigenvalue weighted by molar-refractivity contribution is 7.98. The number of anilines is 1. The number of aryl methyl sites for hydroxylation is 1. The lowest BCUT2D eigenvalue weighted by atomic mass is 10.1. The van der Waals surface area contributed by atoms with Gasteiger partial charge in [-0.25, -0.2) is 0 Å². The first-order valence-electron chi connectivity index (χ1n) is 9.62. The number of hydrogen-bond acceptors (Lipinski definition) is 7. The van der Waals surface area contributed by atoms with Crippen LogP contribution in [0.1, 0.15) is 22.9 Å². The highest BCUT2D eigenvalue weighted by Gasteiger charge is 2.25. The van der Waals surface area contributed by atoms with E-state index >= 15 is 0 Å². The third-order valence-electron chi connectivity index (χ3n) is 4.83. The van der Waals surface area contributed by atoms with Crippen LogP contribution in [0.3, 0.4) is 0 Å². The van der Waals surface area contributed by atoms with E-state index in [4.69, 9.17) is 9.72 Å².